The van der Waals surface area contributed by atoms with Crippen molar-refractivity contribution in [2.24, 2.45) is 0 Å². The molecule has 0 spiro atoms. The predicted molar refractivity (Wildman–Crippen MR) is 67.6 cm³/mol. The number of hydrogen-bond acceptors (Lipinski definition) is 2. The molecule has 0 saturated heterocycles. The molecule has 2 N–H and O–H groups in total. The van der Waals surface area contributed by atoms with Gasteiger partial charge in [-0.25, -0.2) is 9.18 Å². The maximum atomic E-state index is 13.8. The number of carboxylic acids is 1. The average Bonchev–Trinajstić information content (AvgIpc) is 3.18. The summed E-state index contributed by atoms with van der Waals surface area (Å²) >= 11 is 0. The second-order valence-electron chi connectivity index (χ2n) is 5.25. The molecule has 1 aromatic carbocycles. The number of carboxylic acid groups (broad SMARTS) is 1. The summed E-state index contributed by atoms with van der Waals surface area (Å²) in [4.78, 5) is 23.0. The van der Waals surface area contributed by atoms with Crippen LogP contribution in [0.25, 0.3) is 0 Å². The second-order valence-corrected chi connectivity index (χ2v) is 5.25. The SMILES string of the molecule is O=C(O)C(CC(F)(F)F)NC(=O)C1(c2ccccc2F)CC1. The number of rotatable bonds is 5. The van der Waals surface area contributed by atoms with Gasteiger partial charge in [0.1, 0.15) is 11.9 Å². The summed E-state index contributed by atoms with van der Waals surface area (Å²) in [5.41, 5.74) is -1.20. The van der Waals surface area contributed by atoms with Crippen molar-refractivity contribution in [2.75, 3.05) is 0 Å². The summed E-state index contributed by atoms with van der Waals surface area (Å²) in [6.45, 7) is 0. The van der Waals surface area contributed by atoms with Crippen LogP contribution in [0.15, 0.2) is 24.3 Å². The van der Waals surface area contributed by atoms with E-state index in [2.05, 4.69) is 0 Å². The van der Waals surface area contributed by atoms with Crippen LogP contribution in [-0.2, 0) is 15.0 Å². The van der Waals surface area contributed by atoms with Crippen LogP contribution >= 0.6 is 0 Å². The monoisotopic (exact) mass is 319 g/mol. The number of halogens is 4. The standard InChI is InChI=1S/C14H13F4NO3/c15-9-4-2-1-3-8(9)13(5-6-13)12(22)19-10(11(20)21)7-14(16,17)18/h1-4,10H,5-7H2,(H,19,22)(H,20,21). The number of aliphatic carboxylic acids is 1. The van der Waals surface area contributed by atoms with Gasteiger partial charge in [-0.05, 0) is 18.9 Å². The summed E-state index contributed by atoms with van der Waals surface area (Å²) < 4.78 is 50.8. The lowest BCUT2D eigenvalue weighted by molar-refractivity contribution is -0.160. The molecule has 0 aromatic heterocycles. The number of benzene rings is 1. The zero-order valence-electron chi connectivity index (χ0n) is 11.3. The van der Waals surface area contributed by atoms with E-state index < -0.39 is 41.7 Å². The molecule has 1 aromatic rings. The first-order valence-corrected chi connectivity index (χ1v) is 6.51. The molecule has 2 rings (SSSR count). The van der Waals surface area contributed by atoms with Gasteiger partial charge in [0.25, 0.3) is 0 Å². The quantitative estimate of drug-likeness (QED) is 0.819. The Kier molecular flexibility index (Phi) is 4.12. The maximum Gasteiger partial charge on any atom is 0.391 e. The highest BCUT2D eigenvalue weighted by atomic mass is 19.4. The predicted octanol–water partition coefficient (Wildman–Crippen LogP) is 2.38. The van der Waals surface area contributed by atoms with Gasteiger partial charge in [0, 0.05) is 5.56 Å². The van der Waals surface area contributed by atoms with Crippen molar-refractivity contribution in [1.29, 1.82) is 0 Å². The van der Waals surface area contributed by atoms with Gasteiger partial charge in [0.15, 0.2) is 0 Å². The van der Waals surface area contributed by atoms with Crippen molar-refractivity contribution in [2.45, 2.75) is 36.9 Å². The summed E-state index contributed by atoms with van der Waals surface area (Å²) in [6.07, 6.45) is -5.89. The summed E-state index contributed by atoms with van der Waals surface area (Å²) in [5, 5.41) is 10.7. The highest BCUT2D eigenvalue weighted by Gasteiger charge is 2.53. The Labute approximate surface area is 123 Å². The van der Waals surface area contributed by atoms with Crippen molar-refractivity contribution in [1.82, 2.24) is 5.32 Å². The Morgan fingerprint density at radius 3 is 2.32 bits per heavy atom. The first kappa shape index (κ1) is 16.3. The molecule has 1 amide bonds. The highest BCUT2D eigenvalue weighted by Crippen LogP contribution is 2.49. The average molecular weight is 319 g/mol. The van der Waals surface area contributed by atoms with E-state index in [0.29, 0.717) is 0 Å². The Balaban J connectivity index is 2.17. The van der Waals surface area contributed by atoms with Crippen molar-refractivity contribution in [3.05, 3.63) is 35.6 Å². The normalized spacial score (nSPS) is 17.6. The Bertz CT molecular complexity index is 596. The zero-order valence-corrected chi connectivity index (χ0v) is 11.3. The van der Waals surface area contributed by atoms with Gasteiger partial charge in [-0.15, -0.1) is 0 Å². The molecule has 0 bridgehead atoms. The first-order valence-electron chi connectivity index (χ1n) is 6.51. The number of nitrogens with one attached hydrogen (secondary N) is 1. The summed E-state index contributed by atoms with van der Waals surface area (Å²) in [7, 11) is 0. The second kappa shape index (κ2) is 5.58. The van der Waals surface area contributed by atoms with Crippen LogP contribution in [0.2, 0.25) is 0 Å². The molecule has 1 atom stereocenters. The van der Waals surface area contributed by atoms with E-state index in [4.69, 9.17) is 5.11 Å². The van der Waals surface area contributed by atoms with Crippen LogP contribution < -0.4 is 5.32 Å². The van der Waals surface area contributed by atoms with Gasteiger partial charge < -0.3 is 10.4 Å². The molecule has 120 valence electrons. The highest BCUT2D eigenvalue weighted by molar-refractivity contribution is 5.94. The van der Waals surface area contributed by atoms with Crippen LogP contribution in [-0.4, -0.2) is 29.2 Å². The lowest BCUT2D eigenvalue weighted by atomic mass is 9.94. The molecule has 1 fully saturated rings. The molecule has 22 heavy (non-hydrogen) atoms. The van der Waals surface area contributed by atoms with Gasteiger partial charge in [0.05, 0.1) is 11.8 Å². The first-order chi connectivity index (χ1) is 10.2. The summed E-state index contributed by atoms with van der Waals surface area (Å²) in [5.74, 6) is -3.32. The zero-order chi connectivity index (χ0) is 16.5. The minimum Gasteiger partial charge on any atom is -0.480 e. The van der Waals surface area contributed by atoms with Crippen LogP contribution in [0.4, 0.5) is 17.6 Å². The molecule has 4 nitrogen and oxygen atoms in total. The molecule has 0 aliphatic heterocycles. The Hall–Kier alpha value is -2.12. The van der Waals surface area contributed by atoms with E-state index >= 15 is 0 Å². The van der Waals surface area contributed by atoms with E-state index in [1.807, 2.05) is 5.32 Å². The van der Waals surface area contributed by atoms with Crippen LogP contribution in [0.1, 0.15) is 24.8 Å². The number of carbonyl (C=O) groups excluding carboxylic acids is 1. The topological polar surface area (TPSA) is 66.4 Å². The molecule has 0 heterocycles. The van der Waals surface area contributed by atoms with Crippen molar-refractivity contribution >= 4 is 11.9 Å². The lowest BCUT2D eigenvalue weighted by Gasteiger charge is -2.21. The molecular weight excluding hydrogens is 306 g/mol. The largest absolute Gasteiger partial charge is 0.480 e. The Morgan fingerprint density at radius 2 is 1.86 bits per heavy atom. The van der Waals surface area contributed by atoms with Gasteiger partial charge in [-0.1, -0.05) is 18.2 Å². The fourth-order valence-corrected chi connectivity index (χ4v) is 2.32. The Morgan fingerprint density at radius 1 is 1.27 bits per heavy atom. The molecule has 0 radical (unpaired) electrons. The fraction of sp³-hybridized carbons (Fsp3) is 0.429. The van der Waals surface area contributed by atoms with Crippen molar-refractivity contribution in [3.8, 4) is 0 Å². The fourth-order valence-electron chi connectivity index (χ4n) is 2.32. The molecule has 1 unspecified atom stereocenters. The van der Waals surface area contributed by atoms with E-state index in [0.717, 1.165) is 6.07 Å². The molecule has 1 saturated carbocycles. The number of amides is 1. The van der Waals surface area contributed by atoms with E-state index in [-0.39, 0.29) is 18.4 Å². The number of hydrogen-bond donors (Lipinski definition) is 2. The minimum atomic E-state index is -4.73. The number of carbonyl (C=O) groups is 2. The van der Waals surface area contributed by atoms with Crippen LogP contribution in [0.5, 0.6) is 0 Å². The van der Waals surface area contributed by atoms with Gasteiger partial charge >= 0.3 is 12.1 Å². The van der Waals surface area contributed by atoms with Gasteiger partial charge in [0.2, 0.25) is 5.91 Å². The van der Waals surface area contributed by atoms with E-state index in [1.54, 1.807) is 0 Å². The van der Waals surface area contributed by atoms with E-state index in [1.165, 1.54) is 18.2 Å². The molecule has 1 aliphatic carbocycles. The minimum absolute atomic E-state index is 0.0728. The van der Waals surface area contributed by atoms with Crippen molar-refractivity contribution < 1.29 is 32.3 Å². The maximum absolute atomic E-state index is 13.8. The van der Waals surface area contributed by atoms with Gasteiger partial charge in [-0.3, -0.25) is 4.79 Å². The number of alkyl halides is 3. The molecule has 8 heteroatoms. The van der Waals surface area contributed by atoms with Crippen LogP contribution in [0, 0.1) is 5.82 Å². The van der Waals surface area contributed by atoms with Crippen molar-refractivity contribution in [3.63, 3.8) is 0 Å². The molecular formula is C14H13F4NO3. The van der Waals surface area contributed by atoms with Gasteiger partial charge in [-0.2, -0.15) is 13.2 Å². The third-order valence-electron chi connectivity index (χ3n) is 3.61. The smallest absolute Gasteiger partial charge is 0.391 e. The lowest BCUT2D eigenvalue weighted by Crippen LogP contribution is -2.47. The third kappa shape index (κ3) is 3.37. The summed E-state index contributed by atoms with van der Waals surface area (Å²) in [6, 6.07) is 3.37. The third-order valence-corrected chi connectivity index (χ3v) is 3.61. The van der Waals surface area contributed by atoms with E-state index in [9.17, 15) is 27.2 Å². The molecule has 1 aliphatic rings. The van der Waals surface area contributed by atoms with Crippen LogP contribution in [0.3, 0.4) is 0 Å².